The zero-order valence-corrected chi connectivity index (χ0v) is 15.3. The monoisotopic (exact) mass is 353 g/mol. The van der Waals surface area contributed by atoms with Gasteiger partial charge in [-0.05, 0) is 43.0 Å². The van der Waals surface area contributed by atoms with Crippen molar-refractivity contribution in [3.05, 3.63) is 53.9 Å². The van der Waals surface area contributed by atoms with Crippen molar-refractivity contribution in [2.75, 3.05) is 19.0 Å². The topological polar surface area (TPSA) is 63.2 Å². The van der Waals surface area contributed by atoms with Crippen molar-refractivity contribution >= 4 is 11.6 Å². The molecule has 5 nitrogen and oxygen atoms in total. The first-order valence-electron chi connectivity index (χ1n) is 9.39. The summed E-state index contributed by atoms with van der Waals surface area (Å²) in [5.41, 5.74) is 2.51. The Bertz CT molecular complexity index is 709. The molecule has 1 fully saturated rings. The number of carbonyl (C=O) groups excluding carboxylic acids is 1. The van der Waals surface area contributed by atoms with Gasteiger partial charge in [-0.15, -0.1) is 0 Å². The molecule has 0 radical (unpaired) electrons. The number of nitrogens with zero attached hydrogens (tertiary/aromatic N) is 1. The highest BCUT2D eigenvalue weighted by atomic mass is 16.5. The summed E-state index contributed by atoms with van der Waals surface area (Å²) >= 11 is 0. The van der Waals surface area contributed by atoms with Crippen molar-refractivity contribution in [3.63, 3.8) is 0 Å². The molecule has 0 saturated heterocycles. The average molecular weight is 353 g/mol. The predicted octanol–water partition coefficient (Wildman–Crippen LogP) is 3.81. The van der Waals surface area contributed by atoms with E-state index in [9.17, 15) is 4.79 Å². The van der Waals surface area contributed by atoms with E-state index in [2.05, 4.69) is 15.6 Å². The van der Waals surface area contributed by atoms with Gasteiger partial charge in [0, 0.05) is 12.6 Å². The van der Waals surface area contributed by atoms with Crippen LogP contribution >= 0.6 is 0 Å². The van der Waals surface area contributed by atoms with Crippen LogP contribution in [0.5, 0.6) is 5.75 Å². The lowest BCUT2D eigenvalue weighted by Crippen LogP contribution is -2.27. The van der Waals surface area contributed by atoms with Gasteiger partial charge >= 0.3 is 0 Å². The van der Waals surface area contributed by atoms with Crippen molar-refractivity contribution in [2.45, 2.75) is 44.6 Å². The van der Waals surface area contributed by atoms with Gasteiger partial charge in [0.1, 0.15) is 11.4 Å². The van der Waals surface area contributed by atoms with Crippen LogP contribution in [-0.2, 0) is 6.42 Å². The lowest BCUT2D eigenvalue weighted by molar-refractivity contribution is 0.0949. The van der Waals surface area contributed by atoms with E-state index in [4.69, 9.17) is 4.74 Å². The first-order chi connectivity index (χ1) is 12.8. The summed E-state index contributed by atoms with van der Waals surface area (Å²) in [6.45, 7) is 0.545. The van der Waals surface area contributed by atoms with Crippen LogP contribution in [0.1, 0.15) is 48.2 Å². The summed E-state index contributed by atoms with van der Waals surface area (Å²) in [5, 5.41) is 6.44. The Morgan fingerprint density at radius 1 is 1.15 bits per heavy atom. The maximum Gasteiger partial charge on any atom is 0.269 e. The Labute approximate surface area is 155 Å². The Morgan fingerprint density at radius 3 is 2.69 bits per heavy atom. The smallest absolute Gasteiger partial charge is 0.269 e. The molecular formula is C21H27N3O2. The number of pyridine rings is 1. The van der Waals surface area contributed by atoms with E-state index < -0.39 is 0 Å². The fraction of sp³-hybridized carbons (Fsp3) is 0.429. The zero-order chi connectivity index (χ0) is 18.2. The molecule has 1 saturated carbocycles. The Morgan fingerprint density at radius 2 is 1.96 bits per heavy atom. The number of hydrogen-bond acceptors (Lipinski definition) is 4. The van der Waals surface area contributed by atoms with Gasteiger partial charge in [0.25, 0.3) is 5.91 Å². The molecule has 1 aliphatic carbocycles. The third-order valence-corrected chi connectivity index (χ3v) is 4.84. The molecule has 138 valence electrons. The maximum atomic E-state index is 12.3. The largest absolute Gasteiger partial charge is 0.496 e. The highest BCUT2D eigenvalue weighted by Gasteiger charge is 2.13. The minimum atomic E-state index is -0.149. The summed E-state index contributed by atoms with van der Waals surface area (Å²) in [5.74, 6) is 0.696. The van der Waals surface area contributed by atoms with Gasteiger partial charge in [-0.25, -0.2) is 4.98 Å². The van der Waals surface area contributed by atoms with Gasteiger partial charge in [0.15, 0.2) is 0 Å². The number of hydrogen-bond donors (Lipinski definition) is 2. The molecule has 1 heterocycles. The van der Waals surface area contributed by atoms with E-state index in [0.717, 1.165) is 23.4 Å². The van der Waals surface area contributed by atoms with Crippen LogP contribution in [0.4, 0.5) is 5.69 Å². The van der Waals surface area contributed by atoms with Gasteiger partial charge in [-0.2, -0.15) is 0 Å². The fourth-order valence-electron chi connectivity index (χ4n) is 3.41. The van der Waals surface area contributed by atoms with Crippen LogP contribution in [0.15, 0.2) is 42.6 Å². The highest BCUT2D eigenvalue weighted by Crippen LogP contribution is 2.21. The number of methoxy groups -OCH3 is 1. The molecule has 3 rings (SSSR count). The summed E-state index contributed by atoms with van der Waals surface area (Å²) in [6.07, 6.45) is 8.82. The Balaban J connectivity index is 1.48. The van der Waals surface area contributed by atoms with Gasteiger partial charge in [0.2, 0.25) is 0 Å². The lowest BCUT2D eigenvalue weighted by atomic mass is 9.95. The van der Waals surface area contributed by atoms with Gasteiger partial charge in [0.05, 0.1) is 19.0 Å². The number of para-hydroxylation sites is 1. The maximum absolute atomic E-state index is 12.3. The number of rotatable bonds is 7. The van der Waals surface area contributed by atoms with E-state index >= 15 is 0 Å². The van der Waals surface area contributed by atoms with Crippen LogP contribution in [0, 0.1) is 0 Å². The van der Waals surface area contributed by atoms with Crippen molar-refractivity contribution in [2.24, 2.45) is 0 Å². The minimum Gasteiger partial charge on any atom is -0.496 e. The zero-order valence-electron chi connectivity index (χ0n) is 15.3. The van der Waals surface area contributed by atoms with Crippen LogP contribution in [0.2, 0.25) is 0 Å². The molecule has 0 unspecified atom stereocenters. The second-order valence-corrected chi connectivity index (χ2v) is 6.73. The van der Waals surface area contributed by atoms with E-state index in [1.807, 2.05) is 30.3 Å². The molecule has 0 aliphatic heterocycles. The van der Waals surface area contributed by atoms with E-state index in [1.54, 1.807) is 19.4 Å². The molecular weight excluding hydrogens is 326 g/mol. The quantitative estimate of drug-likeness (QED) is 0.794. The molecule has 26 heavy (non-hydrogen) atoms. The van der Waals surface area contributed by atoms with E-state index in [1.165, 1.54) is 32.1 Å². The van der Waals surface area contributed by atoms with Crippen molar-refractivity contribution in [3.8, 4) is 5.75 Å². The number of anilines is 1. The lowest BCUT2D eigenvalue weighted by Gasteiger charge is -2.23. The van der Waals surface area contributed by atoms with E-state index in [-0.39, 0.29) is 5.91 Å². The second-order valence-electron chi connectivity index (χ2n) is 6.73. The number of nitrogens with one attached hydrogen (secondary N) is 2. The molecule has 2 N–H and O–H groups in total. The molecule has 0 spiro atoms. The third-order valence-electron chi connectivity index (χ3n) is 4.84. The predicted molar refractivity (Wildman–Crippen MR) is 104 cm³/mol. The van der Waals surface area contributed by atoms with Crippen molar-refractivity contribution < 1.29 is 9.53 Å². The second kappa shape index (κ2) is 9.22. The fourth-order valence-corrected chi connectivity index (χ4v) is 3.41. The third kappa shape index (κ3) is 4.97. The van der Waals surface area contributed by atoms with Crippen LogP contribution < -0.4 is 15.4 Å². The summed E-state index contributed by atoms with van der Waals surface area (Å²) in [7, 11) is 1.66. The number of carbonyl (C=O) groups is 1. The summed E-state index contributed by atoms with van der Waals surface area (Å²) < 4.78 is 5.33. The van der Waals surface area contributed by atoms with Crippen molar-refractivity contribution in [1.29, 1.82) is 0 Å². The molecule has 0 bridgehead atoms. The number of amides is 1. The summed E-state index contributed by atoms with van der Waals surface area (Å²) in [6, 6.07) is 12.1. The van der Waals surface area contributed by atoms with Gasteiger partial charge < -0.3 is 15.4 Å². The first-order valence-corrected chi connectivity index (χ1v) is 9.39. The van der Waals surface area contributed by atoms with Crippen LogP contribution in [0.3, 0.4) is 0 Å². The highest BCUT2D eigenvalue weighted by molar-refractivity contribution is 5.92. The Kier molecular flexibility index (Phi) is 6.47. The first kappa shape index (κ1) is 18.2. The standard InChI is InChI=1S/C21H27N3O2/c1-26-20-10-6-5-7-16(20)13-14-22-21(25)19-12-11-18(15-23-19)24-17-8-3-2-4-9-17/h5-7,10-12,15,17,24H,2-4,8-9,13-14H2,1H3,(H,22,25). The molecule has 5 heteroatoms. The SMILES string of the molecule is COc1ccccc1CCNC(=O)c1ccc(NC2CCCCC2)cn1. The molecule has 1 amide bonds. The molecule has 2 aromatic rings. The van der Waals surface area contributed by atoms with Crippen LogP contribution in [-0.4, -0.2) is 30.6 Å². The minimum absolute atomic E-state index is 0.149. The van der Waals surface area contributed by atoms with Crippen LogP contribution in [0.25, 0.3) is 0 Å². The normalized spacial score (nSPS) is 14.7. The molecule has 0 atom stereocenters. The number of benzene rings is 1. The van der Waals surface area contributed by atoms with Gasteiger partial charge in [-0.1, -0.05) is 37.5 Å². The number of aromatic nitrogens is 1. The molecule has 1 aromatic carbocycles. The molecule has 1 aliphatic rings. The summed E-state index contributed by atoms with van der Waals surface area (Å²) in [4.78, 5) is 16.6. The van der Waals surface area contributed by atoms with Crippen molar-refractivity contribution in [1.82, 2.24) is 10.3 Å². The average Bonchev–Trinajstić information content (AvgIpc) is 2.69. The number of ether oxygens (including phenoxy) is 1. The Hall–Kier alpha value is -2.56. The van der Waals surface area contributed by atoms with Gasteiger partial charge in [-0.3, -0.25) is 4.79 Å². The molecule has 1 aromatic heterocycles. The van der Waals surface area contributed by atoms with E-state index in [0.29, 0.717) is 18.3 Å².